The van der Waals surface area contributed by atoms with Crippen molar-refractivity contribution >= 4 is 11.6 Å². The van der Waals surface area contributed by atoms with E-state index in [0.29, 0.717) is 11.6 Å². The third-order valence-electron chi connectivity index (χ3n) is 4.42. The molecule has 0 bridgehead atoms. The molecule has 3 rings (SSSR count). The third kappa shape index (κ3) is 5.49. The number of rotatable bonds is 8. The number of halogens is 1. The van der Waals surface area contributed by atoms with Crippen molar-refractivity contribution < 1.29 is 9.47 Å². The molecule has 4 heteroatoms. The molecule has 0 heterocycles. The Balaban J connectivity index is 1.61. The van der Waals surface area contributed by atoms with Crippen molar-refractivity contribution in [3.05, 3.63) is 94.5 Å². The molecular weight excluding hydrogens is 358 g/mol. The number of hydrogen-bond donors (Lipinski definition) is 1. The molecule has 1 atom stereocenters. The van der Waals surface area contributed by atoms with E-state index in [2.05, 4.69) is 42.6 Å². The summed E-state index contributed by atoms with van der Waals surface area (Å²) in [6, 6.07) is 24.4. The monoisotopic (exact) mass is 381 g/mol. The van der Waals surface area contributed by atoms with E-state index in [1.165, 1.54) is 5.56 Å². The molecule has 27 heavy (non-hydrogen) atoms. The lowest BCUT2D eigenvalue weighted by Crippen LogP contribution is -2.18. The lowest BCUT2D eigenvalue weighted by atomic mass is 10.1. The Labute approximate surface area is 165 Å². The van der Waals surface area contributed by atoms with E-state index in [4.69, 9.17) is 21.1 Å². The summed E-state index contributed by atoms with van der Waals surface area (Å²) >= 11 is 6.02. The van der Waals surface area contributed by atoms with Crippen molar-refractivity contribution in [2.24, 2.45) is 0 Å². The highest BCUT2D eigenvalue weighted by atomic mass is 35.5. The molecule has 0 aromatic heterocycles. The first kappa shape index (κ1) is 19.3. The van der Waals surface area contributed by atoms with Crippen LogP contribution in [0.1, 0.15) is 29.7 Å². The molecule has 3 nitrogen and oxygen atoms in total. The predicted octanol–water partition coefficient (Wildman–Crippen LogP) is 5.78. The molecule has 0 spiro atoms. The van der Waals surface area contributed by atoms with Crippen molar-refractivity contribution in [3.63, 3.8) is 0 Å². The van der Waals surface area contributed by atoms with Gasteiger partial charge >= 0.3 is 0 Å². The normalized spacial score (nSPS) is 11.8. The molecule has 0 unspecified atom stereocenters. The van der Waals surface area contributed by atoms with Crippen molar-refractivity contribution in [1.82, 2.24) is 5.32 Å². The van der Waals surface area contributed by atoms with Crippen LogP contribution in [-0.2, 0) is 13.2 Å². The van der Waals surface area contributed by atoms with Gasteiger partial charge in [0.25, 0.3) is 0 Å². The van der Waals surface area contributed by atoms with E-state index in [9.17, 15) is 0 Å². The molecule has 3 aromatic rings. The third-order valence-corrected chi connectivity index (χ3v) is 4.66. The zero-order chi connectivity index (χ0) is 19.1. The van der Waals surface area contributed by atoms with Crippen LogP contribution in [0.25, 0.3) is 0 Å². The fourth-order valence-electron chi connectivity index (χ4n) is 2.86. The van der Waals surface area contributed by atoms with Crippen molar-refractivity contribution in [2.75, 3.05) is 7.11 Å². The van der Waals surface area contributed by atoms with E-state index < -0.39 is 0 Å². The second-order valence-corrected chi connectivity index (χ2v) is 6.85. The molecule has 1 N–H and O–H groups in total. The Bertz CT molecular complexity index is 867. The average Bonchev–Trinajstić information content (AvgIpc) is 2.71. The Morgan fingerprint density at radius 3 is 2.44 bits per heavy atom. The van der Waals surface area contributed by atoms with Gasteiger partial charge in [0.1, 0.15) is 6.61 Å². The lowest BCUT2D eigenvalue weighted by Gasteiger charge is -2.16. The second kappa shape index (κ2) is 9.45. The molecule has 0 amide bonds. The maximum atomic E-state index is 6.02. The maximum absolute atomic E-state index is 6.02. The zero-order valence-electron chi connectivity index (χ0n) is 15.6. The first-order valence-electron chi connectivity index (χ1n) is 8.98. The minimum absolute atomic E-state index is 0.274. The van der Waals surface area contributed by atoms with Gasteiger partial charge in [-0.1, -0.05) is 60.1 Å². The van der Waals surface area contributed by atoms with E-state index >= 15 is 0 Å². The van der Waals surface area contributed by atoms with Crippen molar-refractivity contribution in [1.29, 1.82) is 0 Å². The number of hydrogen-bond acceptors (Lipinski definition) is 3. The molecule has 0 fully saturated rings. The molecule has 0 aliphatic rings. The summed E-state index contributed by atoms with van der Waals surface area (Å²) in [6.07, 6.45) is 0. The highest BCUT2D eigenvalue weighted by molar-refractivity contribution is 6.30. The van der Waals surface area contributed by atoms with Crippen molar-refractivity contribution in [3.8, 4) is 11.5 Å². The SMILES string of the molecule is COc1cc(CN[C@H](C)c2ccccc2)ccc1OCc1cccc(Cl)c1. The fraction of sp³-hybridized carbons (Fsp3) is 0.217. The summed E-state index contributed by atoms with van der Waals surface area (Å²) in [6.45, 7) is 3.36. The van der Waals surface area contributed by atoms with Crippen LogP contribution >= 0.6 is 11.6 Å². The molecule has 140 valence electrons. The molecule has 0 saturated heterocycles. The molecule has 0 radical (unpaired) electrons. The van der Waals surface area contributed by atoms with E-state index in [1.54, 1.807) is 7.11 Å². The van der Waals surface area contributed by atoms with Gasteiger partial charge in [0.15, 0.2) is 11.5 Å². The van der Waals surface area contributed by atoms with Crippen LogP contribution in [-0.4, -0.2) is 7.11 Å². The summed E-state index contributed by atoms with van der Waals surface area (Å²) < 4.78 is 11.4. The highest BCUT2D eigenvalue weighted by Gasteiger charge is 2.08. The van der Waals surface area contributed by atoms with Crippen LogP contribution in [0.4, 0.5) is 0 Å². The van der Waals surface area contributed by atoms with Crippen LogP contribution in [0.5, 0.6) is 11.5 Å². The first-order valence-corrected chi connectivity index (χ1v) is 9.36. The fourth-order valence-corrected chi connectivity index (χ4v) is 3.07. The summed E-state index contributed by atoms with van der Waals surface area (Å²) in [5.41, 5.74) is 3.43. The van der Waals surface area contributed by atoms with Gasteiger partial charge in [-0.25, -0.2) is 0 Å². The van der Waals surface area contributed by atoms with E-state index in [-0.39, 0.29) is 6.04 Å². The summed E-state index contributed by atoms with van der Waals surface area (Å²) in [5, 5.41) is 4.24. The minimum Gasteiger partial charge on any atom is -0.493 e. The Hall–Kier alpha value is -2.49. The van der Waals surface area contributed by atoms with Gasteiger partial charge in [-0.15, -0.1) is 0 Å². The van der Waals surface area contributed by atoms with Gasteiger partial charge < -0.3 is 14.8 Å². The van der Waals surface area contributed by atoms with Crippen LogP contribution in [0.15, 0.2) is 72.8 Å². The maximum Gasteiger partial charge on any atom is 0.161 e. The predicted molar refractivity (Wildman–Crippen MR) is 110 cm³/mol. The molecule has 0 aliphatic carbocycles. The Morgan fingerprint density at radius 1 is 0.889 bits per heavy atom. The summed E-state index contributed by atoms with van der Waals surface area (Å²) in [5.74, 6) is 1.45. The summed E-state index contributed by atoms with van der Waals surface area (Å²) in [4.78, 5) is 0. The van der Waals surface area contributed by atoms with Gasteiger partial charge in [0.05, 0.1) is 7.11 Å². The average molecular weight is 382 g/mol. The topological polar surface area (TPSA) is 30.5 Å². The Kier molecular flexibility index (Phi) is 6.74. The zero-order valence-corrected chi connectivity index (χ0v) is 16.4. The van der Waals surface area contributed by atoms with Gasteiger partial charge in [0, 0.05) is 17.6 Å². The van der Waals surface area contributed by atoms with Crippen LogP contribution in [0.3, 0.4) is 0 Å². The van der Waals surface area contributed by atoms with Crippen LogP contribution in [0.2, 0.25) is 5.02 Å². The smallest absolute Gasteiger partial charge is 0.161 e. The number of ether oxygens (including phenoxy) is 2. The minimum atomic E-state index is 0.274. The van der Waals surface area contributed by atoms with Gasteiger partial charge in [-0.05, 0) is 47.9 Å². The van der Waals surface area contributed by atoms with Crippen LogP contribution < -0.4 is 14.8 Å². The first-order chi connectivity index (χ1) is 13.2. The van der Waals surface area contributed by atoms with E-state index in [1.807, 2.05) is 42.5 Å². The van der Waals surface area contributed by atoms with Crippen molar-refractivity contribution in [2.45, 2.75) is 26.1 Å². The highest BCUT2D eigenvalue weighted by Crippen LogP contribution is 2.29. The molecular formula is C23H24ClNO2. The second-order valence-electron chi connectivity index (χ2n) is 6.42. The number of nitrogens with one attached hydrogen (secondary N) is 1. The van der Waals surface area contributed by atoms with Gasteiger partial charge in [-0.3, -0.25) is 0 Å². The standard InChI is InChI=1S/C23H24ClNO2/c1-17(20-8-4-3-5-9-20)25-15-18-11-12-22(23(14-18)26-2)27-16-19-7-6-10-21(24)13-19/h3-14,17,25H,15-16H2,1-2H3/t17-/m1/s1. The number of benzene rings is 3. The molecule has 0 saturated carbocycles. The Morgan fingerprint density at radius 2 is 1.70 bits per heavy atom. The molecule has 0 aliphatic heterocycles. The number of methoxy groups -OCH3 is 1. The largest absolute Gasteiger partial charge is 0.493 e. The van der Waals surface area contributed by atoms with Gasteiger partial charge in [0.2, 0.25) is 0 Å². The van der Waals surface area contributed by atoms with Gasteiger partial charge in [-0.2, -0.15) is 0 Å². The van der Waals surface area contributed by atoms with E-state index in [0.717, 1.165) is 29.2 Å². The summed E-state index contributed by atoms with van der Waals surface area (Å²) in [7, 11) is 1.66. The van der Waals surface area contributed by atoms with Crippen LogP contribution in [0, 0.1) is 0 Å². The molecule has 3 aromatic carbocycles. The lowest BCUT2D eigenvalue weighted by molar-refractivity contribution is 0.284. The quantitative estimate of drug-likeness (QED) is 0.536.